The Morgan fingerprint density at radius 2 is 1.82 bits per heavy atom. The van der Waals surface area contributed by atoms with Gasteiger partial charge < -0.3 is 9.84 Å². The molecule has 0 aromatic heterocycles. The minimum atomic E-state index is -2.22. The van der Waals surface area contributed by atoms with Gasteiger partial charge in [-0.1, -0.05) is 41.9 Å². The van der Waals surface area contributed by atoms with Crippen molar-refractivity contribution in [2.45, 2.75) is 17.2 Å². The lowest BCUT2D eigenvalue weighted by Gasteiger charge is -2.37. The molecule has 1 aliphatic heterocycles. The molecule has 0 aliphatic carbocycles. The van der Waals surface area contributed by atoms with Crippen LogP contribution in [0, 0.1) is 10.1 Å². The lowest BCUT2D eigenvalue weighted by atomic mass is 9.90. The number of nitrogens with zero attached hydrogens (tertiary/aromatic N) is 1. The highest BCUT2D eigenvalue weighted by atomic mass is 35.5. The van der Waals surface area contributed by atoms with Crippen molar-refractivity contribution >= 4 is 23.2 Å². The summed E-state index contributed by atoms with van der Waals surface area (Å²) in [5.41, 5.74) is 0.754. The standard InChI is InChI=1S/C15H11Cl2NO4/c16-10-7-5-9(6-8-10)14-15(17,18(20)21)13(19)11-3-1-2-4-12(11)22-14/h1-8,13-14,19H/t13-,14-,15+/m0/s1. The quantitative estimate of drug-likeness (QED) is 0.391. The molecule has 0 saturated heterocycles. The summed E-state index contributed by atoms with van der Waals surface area (Å²) in [5, 5.41) is 22.5. The van der Waals surface area contributed by atoms with E-state index in [-0.39, 0.29) is 0 Å². The Morgan fingerprint density at radius 1 is 1.18 bits per heavy atom. The molecule has 3 atom stereocenters. The average Bonchev–Trinajstić information content (AvgIpc) is 2.51. The molecule has 5 nitrogen and oxygen atoms in total. The van der Waals surface area contributed by atoms with Gasteiger partial charge in [0.1, 0.15) is 5.75 Å². The zero-order chi connectivity index (χ0) is 15.9. The third-order valence-electron chi connectivity index (χ3n) is 3.66. The number of aliphatic hydroxyl groups excluding tert-OH is 1. The van der Waals surface area contributed by atoms with Crippen LogP contribution in [-0.2, 0) is 0 Å². The van der Waals surface area contributed by atoms with Crippen LogP contribution in [0.25, 0.3) is 0 Å². The van der Waals surface area contributed by atoms with E-state index in [9.17, 15) is 15.2 Å². The first kappa shape index (κ1) is 15.1. The van der Waals surface area contributed by atoms with Crippen LogP contribution in [0.3, 0.4) is 0 Å². The Labute approximate surface area is 136 Å². The average molecular weight is 340 g/mol. The van der Waals surface area contributed by atoms with Crippen molar-refractivity contribution in [3.63, 3.8) is 0 Å². The van der Waals surface area contributed by atoms with Gasteiger partial charge in [-0.15, -0.1) is 0 Å². The van der Waals surface area contributed by atoms with Gasteiger partial charge >= 0.3 is 5.00 Å². The van der Waals surface area contributed by atoms with Crippen molar-refractivity contribution in [2.75, 3.05) is 0 Å². The van der Waals surface area contributed by atoms with E-state index in [1.54, 1.807) is 48.5 Å². The number of para-hydroxylation sites is 1. The predicted molar refractivity (Wildman–Crippen MR) is 81.8 cm³/mol. The number of aliphatic hydroxyl groups is 1. The number of nitro groups is 1. The van der Waals surface area contributed by atoms with Crippen LogP contribution in [0.2, 0.25) is 5.02 Å². The monoisotopic (exact) mass is 339 g/mol. The molecule has 1 heterocycles. The van der Waals surface area contributed by atoms with Gasteiger partial charge in [0.2, 0.25) is 6.10 Å². The highest BCUT2D eigenvalue weighted by molar-refractivity contribution is 6.30. The second kappa shape index (κ2) is 5.43. The number of hydrogen-bond donors (Lipinski definition) is 1. The van der Waals surface area contributed by atoms with Crippen molar-refractivity contribution in [2.24, 2.45) is 0 Å². The van der Waals surface area contributed by atoms with Gasteiger partial charge in [0, 0.05) is 16.1 Å². The van der Waals surface area contributed by atoms with Gasteiger partial charge in [0.25, 0.3) is 0 Å². The van der Waals surface area contributed by atoms with E-state index in [4.69, 9.17) is 27.9 Å². The first-order valence-corrected chi connectivity index (χ1v) is 7.22. The van der Waals surface area contributed by atoms with Crippen LogP contribution in [-0.4, -0.2) is 15.0 Å². The number of benzene rings is 2. The molecule has 7 heteroatoms. The normalized spacial score (nSPS) is 26.9. The summed E-state index contributed by atoms with van der Waals surface area (Å²) in [6, 6.07) is 12.9. The number of hydrogen-bond acceptors (Lipinski definition) is 4. The SMILES string of the molecule is O=[N+]([O-])[C@]1(Cl)[C@@H](O)c2ccccc2O[C@H]1c1ccc(Cl)cc1. The number of halogens is 2. The molecule has 0 spiro atoms. The molecule has 3 rings (SSSR count). The number of ether oxygens (including phenoxy) is 1. The predicted octanol–water partition coefficient (Wildman–Crippen LogP) is 3.72. The fraction of sp³-hybridized carbons (Fsp3) is 0.200. The van der Waals surface area contributed by atoms with Gasteiger partial charge in [0.05, 0.1) is 4.92 Å². The molecule has 0 saturated carbocycles. The van der Waals surface area contributed by atoms with E-state index in [1.165, 1.54) is 0 Å². The van der Waals surface area contributed by atoms with Gasteiger partial charge in [0.15, 0.2) is 6.10 Å². The maximum atomic E-state index is 11.6. The van der Waals surface area contributed by atoms with E-state index in [0.29, 0.717) is 21.9 Å². The Morgan fingerprint density at radius 3 is 2.45 bits per heavy atom. The fourth-order valence-electron chi connectivity index (χ4n) is 2.52. The van der Waals surface area contributed by atoms with Crippen molar-refractivity contribution in [1.82, 2.24) is 0 Å². The molecule has 2 aromatic rings. The van der Waals surface area contributed by atoms with Crippen LogP contribution >= 0.6 is 23.2 Å². The number of fused-ring (bicyclic) bond motifs is 1. The Hall–Kier alpha value is -1.82. The molecule has 22 heavy (non-hydrogen) atoms. The summed E-state index contributed by atoms with van der Waals surface area (Å²) in [5.74, 6) is 0.369. The Balaban J connectivity index is 2.15. The molecule has 0 unspecified atom stereocenters. The molecule has 0 radical (unpaired) electrons. The van der Waals surface area contributed by atoms with Crippen molar-refractivity contribution < 1.29 is 14.8 Å². The first-order valence-electron chi connectivity index (χ1n) is 6.47. The fourth-order valence-corrected chi connectivity index (χ4v) is 2.93. The highest BCUT2D eigenvalue weighted by Gasteiger charge is 2.61. The molecule has 0 amide bonds. The zero-order valence-corrected chi connectivity index (χ0v) is 12.7. The summed E-state index contributed by atoms with van der Waals surface area (Å²) in [7, 11) is 0. The Bertz CT molecular complexity index is 722. The smallest absolute Gasteiger partial charge is 0.364 e. The van der Waals surface area contributed by atoms with Crippen LogP contribution < -0.4 is 4.74 Å². The zero-order valence-electron chi connectivity index (χ0n) is 11.1. The molecule has 0 fully saturated rings. The molecular weight excluding hydrogens is 329 g/mol. The molecule has 1 aliphatic rings. The molecule has 2 aromatic carbocycles. The maximum Gasteiger partial charge on any atom is 0.364 e. The van der Waals surface area contributed by atoms with Crippen molar-refractivity contribution in [3.05, 3.63) is 74.8 Å². The maximum absolute atomic E-state index is 11.6. The topological polar surface area (TPSA) is 72.6 Å². The summed E-state index contributed by atoms with van der Waals surface area (Å²) in [6.07, 6.45) is -2.65. The van der Waals surface area contributed by atoms with Gasteiger partial charge in [-0.3, -0.25) is 10.1 Å². The molecular formula is C15H11Cl2NO4. The largest absolute Gasteiger partial charge is 0.476 e. The van der Waals surface area contributed by atoms with Gasteiger partial charge in [-0.05, 0) is 29.8 Å². The number of rotatable bonds is 2. The third kappa shape index (κ3) is 2.22. The Kier molecular flexibility index (Phi) is 3.72. The van der Waals surface area contributed by atoms with Crippen LogP contribution in [0.4, 0.5) is 0 Å². The summed E-state index contributed by atoms with van der Waals surface area (Å²) in [4.78, 5) is 8.62. The van der Waals surface area contributed by atoms with Gasteiger partial charge in [-0.2, -0.15) is 0 Å². The van der Waals surface area contributed by atoms with E-state index in [2.05, 4.69) is 0 Å². The first-order chi connectivity index (χ1) is 10.4. The molecule has 0 bridgehead atoms. The summed E-state index contributed by atoms with van der Waals surface area (Å²) in [6.45, 7) is 0. The minimum absolute atomic E-state index is 0.291. The van der Waals surface area contributed by atoms with E-state index < -0.39 is 22.1 Å². The second-order valence-corrected chi connectivity index (χ2v) is 6.02. The third-order valence-corrected chi connectivity index (χ3v) is 4.46. The van der Waals surface area contributed by atoms with Gasteiger partial charge in [-0.25, -0.2) is 0 Å². The van der Waals surface area contributed by atoms with Crippen LogP contribution in [0.1, 0.15) is 23.3 Å². The minimum Gasteiger partial charge on any atom is -0.476 e. The molecule has 114 valence electrons. The van der Waals surface area contributed by atoms with E-state index in [0.717, 1.165) is 0 Å². The van der Waals surface area contributed by atoms with Crippen LogP contribution in [0.5, 0.6) is 5.75 Å². The second-order valence-electron chi connectivity index (χ2n) is 4.97. The van der Waals surface area contributed by atoms with Crippen molar-refractivity contribution in [1.29, 1.82) is 0 Å². The van der Waals surface area contributed by atoms with Crippen molar-refractivity contribution in [3.8, 4) is 5.75 Å². The van der Waals surface area contributed by atoms with E-state index >= 15 is 0 Å². The molecule has 1 N–H and O–H groups in total. The lowest BCUT2D eigenvalue weighted by Crippen LogP contribution is -2.49. The summed E-state index contributed by atoms with van der Waals surface area (Å²) < 4.78 is 5.73. The summed E-state index contributed by atoms with van der Waals surface area (Å²) >= 11 is 12.1. The lowest BCUT2D eigenvalue weighted by molar-refractivity contribution is -0.570. The van der Waals surface area contributed by atoms with Crippen LogP contribution in [0.15, 0.2) is 48.5 Å². The van der Waals surface area contributed by atoms with E-state index in [1.807, 2.05) is 0 Å². The number of alkyl halides is 1. The highest BCUT2D eigenvalue weighted by Crippen LogP contribution is 2.51.